The van der Waals surface area contributed by atoms with Crippen LogP contribution in [0.25, 0.3) is 38.8 Å². The number of aromatic nitrogens is 8. The first kappa shape index (κ1) is 41.7. The number of aliphatic hydroxyl groups is 1. The van der Waals surface area contributed by atoms with E-state index in [0.29, 0.717) is 82.6 Å². The molecule has 1 saturated heterocycles. The predicted octanol–water partition coefficient (Wildman–Crippen LogP) is 5.89. The van der Waals surface area contributed by atoms with Crippen LogP contribution in [-0.2, 0) is 19.4 Å². The Morgan fingerprint density at radius 1 is 0.790 bits per heavy atom. The maximum atomic E-state index is 16.2. The second-order valence-electron chi connectivity index (χ2n) is 14.4. The summed E-state index contributed by atoms with van der Waals surface area (Å²) in [6.45, 7) is 1.05. The Balaban J connectivity index is 0.940. The van der Waals surface area contributed by atoms with Crippen molar-refractivity contribution in [2.45, 2.75) is 38.3 Å². The van der Waals surface area contributed by atoms with Crippen molar-refractivity contribution >= 4 is 33.9 Å². The molecule has 1 aliphatic heterocycles. The Labute approximate surface area is 351 Å². The zero-order valence-corrected chi connectivity index (χ0v) is 33.7. The molecule has 0 aliphatic carbocycles. The highest BCUT2D eigenvalue weighted by Crippen LogP contribution is 2.36. The third kappa shape index (κ3) is 8.20. The van der Waals surface area contributed by atoms with Crippen LogP contribution >= 0.6 is 0 Å². The van der Waals surface area contributed by atoms with Gasteiger partial charge in [-0.15, -0.1) is 5.06 Å². The fourth-order valence-corrected chi connectivity index (χ4v) is 7.34. The third-order valence-electron chi connectivity index (χ3n) is 10.7. The van der Waals surface area contributed by atoms with Crippen LogP contribution in [0.2, 0.25) is 0 Å². The number of fused-ring (bicyclic) bond motifs is 2. The molecule has 322 valence electrons. The zero-order valence-electron chi connectivity index (χ0n) is 33.7. The summed E-state index contributed by atoms with van der Waals surface area (Å²) in [5.41, 5.74) is 3.48. The molecule has 0 radical (unpaired) electrons. The first-order valence-corrected chi connectivity index (χ1v) is 19.5. The Kier molecular flexibility index (Phi) is 12.0. The molecule has 16 nitrogen and oxygen atoms in total. The quantitative estimate of drug-likeness (QED) is 0.0572. The highest BCUT2D eigenvalue weighted by Gasteiger charge is 2.27. The summed E-state index contributed by atoms with van der Waals surface area (Å²) < 4.78 is 79.3. The van der Waals surface area contributed by atoms with Gasteiger partial charge >= 0.3 is 0 Å². The van der Waals surface area contributed by atoms with Gasteiger partial charge in [-0.25, -0.2) is 27.5 Å². The largest absolute Gasteiger partial charge is 0.494 e. The van der Waals surface area contributed by atoms with Gasteiger partial charge in [-0.2, -0.15) is 15.3 Å². The van der Waals surface area contributed by atoms with Crippen molar-refractivity contribution in [1.82, 2.24) is 50.5 Å². The first-order chi connectivity index (χ1) is 30.1. The van der Waals surface area contributed by atoms with Gasteiger partial charge in [0, 0.05) is 119 Å². The van der Waals surface area contributed by atoms with Gasteiger partial charge in [0.15, 0.2) is 57.6 Å². The number of H-pyrrole nitrogens is 2. The molecule has 0 bridgehead atoms. The molecule has 0 spiro atoms. The molecule has 62 heavy (non-hydrogen) atoms. The summed E-state index contributed by atoms with van der Waals surface area (Å²) in [5.74, 6) is -4.24. The lowest BCUT2D eigenvalue weighted by atomic mass is 10.0. The number of methoxy groups -OCH3 is 3. The number of nitrogens with one attached hydrogen (secondary N) is 4. The maximum absolute atomic E-state index is 16.2. The van der Waals surface area contributed by atoms with Gasteiger partial charge in [-0.3, -0.25) is 14.9 Å². The molecule has 5 aromatic heterocycles. The van der Waals surface area contributed by atoms with E-state index in [9.17, 15) is 5.11 Å². The second kappa shape index (κ2) is 17.9. The summed E-state index contributed by atoms with van der Waals surface area (Å²) in [7, 11) is 3.84. The smallest absolute Gasteiger partial charge is 0.187 e. The van der Waals surface area contributed by atoms with E-state index >= 15 is 17.6 Å². The van der Waals surface area contributed by atoms with Gasteiger partial charge in [-0.05, 0) is 25.0 Å². The third-order valence-corrected chi connectivity index (χ3v) is 10.7. The van der Waals surface area contributed by atoms with E-state index in [1.807, 2.05) is 6.07 Å². The van der Waals surface area contributed by atoms with Gasteiger partial charge in [0.2, 0.25) is 0 Å². The van der Waals surface area contributed by atoms with E-state index < -0.39 is 23.3 Å². The summed E-state index contributed by atoms with van der Waals surface area (Å²) in [6.07, 6.45) is 10.2. The minimum atomic E-state index is -0.891. The molecule has 8 rings (SSSR count). The Morgan fingerprint density at radius 2 is 1.35 bits per heavy atom. The van der Waals surface area contributed by atoms with Crippen LogP contribution in [-0.4, -0.2) is 104 Å². The molecule has 1 fully saturated rings. The average Bonchev–Trinajstić information content (AvgIpc) is 4.04. The topological polar surface area (TPSA) is 197 Å². The minimum absolute atomic E-state index is 0.0430. The van der Waals surface area contributed by atoms with Crippen LogP contribution < -0.4 is 24.4 Å². The average molecular weight is 856 g/mol. The molecule has 0 unspecified atom stereocenters. The molecule has 7 aromatic rings. The van der Waals surface area contributed by atoms with Gasteiger partial charge < -0.3 is 34.9 Å². The molecule has 20 heteroatoms. The van der Waals surface area contributed by atoms with Crippen molar-refractivity contribution in [2.75, 3.05) is 41.0 Å². The van der Waals surface area contributed by atoms with Crippen LogP contribution in [0.15, 0.2) is 55.3 Å². The number of aliphatic hydroxyl groups excluding tert-OH is 1. The highest BCUT2D eigenvalue weighted by atomic mass is 19.1. The number of rotatable bonds is 16. The SMILES string of the molecule is COc1cc(OC)c(F)c(Cc2n[nH]c3ncc(/C(C=N)=C/NC4CCN(Oc5cc(OC)c(F)c(Cc6n[nH]c7ncc(-c8cnn(CCO)c8)cc67)c5F)CC4)cc23)c1F. The van der Waals surface area contributed by atoms with Gasteiger partial charge in [0.05, 0.1) is 52.1 Å². The number of piperidine rings is 1. The molecular formula is C42H41F4N11O5. The normalized spacial score (nSPS) is 13.8. The fourth-order valence-electron chi connectivity index (χ4n) is 7.34. The van der Waals surface area contributed by atoms with Crippen molar-refractivity contribution in [2.24, 2.45) is 0 Å². The highest BCUT2D eigenvalue weighted by molar-refractivity contribution is 6.09. The number of benzene rings is 2. The maximum Gasteiger partial charge on any atom is 0.187 e. The molecule has 0 saturated carbocycles. The summed E-state index contributed by atoms with van der Waals surface area (Å²) >= 11 is 0. The summed E-state index contributed by atoms with van der Waals surface area (Å²) in [5, 5.41) is 41.9. The number of nitrogens with zero attached hydrogens (tertiary/aromatic N) is 7. The van der Waals surface area contributed by atoms with E-state index in [1.54, 1.807) is 46.8 Å². The molecule has 6 heterocycles. The van der Waals surface area contributed by atoms with Crippen LogP contribution in [0.5, 0.6) is 23.0 Å². The number of pyridine rings is 2. The van der Waals surface area contributed by atoms with Crippen molar-refractivity contribution in [3.05, 3.63) is 107 Å². The lowest BCUT2D eigenvalue weighted by molar-refractivity contribution is -0.0794. The molecule has 0 amide bonds. The van der Waals surface area contributed by atoms with E-state index in [4.69, 9.17) is 24.5 Å². The summed E-state index contributed by atoms with van der Waals surface area (Å²) in [6, 6.07) is 5.83. The summed E-state index contributed by atoms with van der Waals surface area (Å²) in [4.78, 5) is 14.9. The van der Waals surface area contributed by atoms with E-state index in [0.717, 1.165) is 11.6 Å². The lowest BCUT2D eigenvalue weighted by Crippen LogP contribution is -2.42. The van der Waals surface area contributed by atoms with Crippen molar-refractivity contribution in [3.8, 4) is 34.1 Å². The van der Waals surface area contributed by atoms with Gasteiger partial charge in [-0.1, -0.05) is 0 Å². The minimum Gasteiger partial charge on any atom is -0.494 e. The van der Waals surface area contributed by atoms with Crippen LogP contribution in [0.3, 0.4) is 0 Å². The number of hydrogen-bond donors (Lipinski definition) is 5. The fraction of sp³-hybridized carbons (Fsp3) is 0.286. The van der Waals surface area contributed by atoms with Crippen molar-refractivity contribution in [1.29, 1.82) is 5.41 Å². The molecule has 1 aliphatic rings. The number of ether oxygens (including phenoxy) is 3. The number of aromatic amines is 2. The number of halogens is 4. The molecule has 5 N–H and O–H groups in total. The number of hydrogen-bond acceptors (Lipinski definition) is 13. The van der Waals surface area contributed by atoms with E-state index in [2.05, 4.69) is 40.8 Å². The molecule has 0 atom stereocenters. The lowest BCUT2D eigenvalue weighted by Gasteiger charge is -2.31. The number of allylic oxidation sites excluding steroid dienone is 1. The van der Waals surface area contributed by atoms with Crippen molar-refractivity contribution in [3.63, 3.8) is 0 Å². The standard InChI is InChI=1S/C42H41F4N11O5/c1-59-33-14-34(60-2)38(44)29(37(33)43)12-31-27-10-22(17-49-41(27)54-52-31)24(16-47)19-48-26-4-6-57(7-5-26)62-36-15-35(61-3)39(45)30(40(36)46)13-32-28-11-23(18-50-42(28)55-53-32)25-20-51-56(21-25)8-9-58/h10-11,14-21,26,47-48,58H,4-9,12-13H2,1-3H3,(H,49,52,54)(H,50,53,55)/b24-19+,47-16?. The predicted molar refractivity (Wildman–Crippen MR) is 219 cm³/mol. The second-order valence-corrected chi connectivity index (χ2v) is 14.4. The Bertz CT molecular complexity index is 2770. The van der Waals surface area contributed by atoms with E-state index in [-0.39, 0.29) is 59.6 Å². The number of hydroxylamine groups is 2. The van der Waals surface area contributed by atoms with Crippen LogP contribution in [0.1, 0.15) is 40.9 Å². The van der Waals surface area contributed by atoms with E-state index in [1.165, 1.54) is 33.6 Å². The Hall–Kier alpha value is -7.06. The van der Waals surface area contributed by atoms with Gasteiger partial charge in [0.1, 0.15) is 0 Å². The monoisotopic (exact) mass is 855 g/mol. The van der Waals surface area contributed by atoms with Crippen LogP contribution in [0, 0.1) is 28.7 Å². The molecular weight excluding hydrogens is 815 g/mol. The van der Waals surface area contributed by atoms with Gasteiger partial charge in [0.25, 0.3) is 0 Å². The zero-order chi connectivity index (χ0) is 43.5. The Morgan fingerprint density at radius 3 is 1.94 bits per heavy atom. The van der Waals surface area contributed by atoms with Crippen molar-refractivity contribution < 1.29 is 41.7 Å². The molecule has 2 aromatic carbocycles. The van der Waals surface area contributed by atoms with Crippen LogP contribution in [0.4, 0.5) is 17.6 Å². The first-order valence-electron chi connectivity index (χ1n) is 19.5.